The third kappa shape index (κ3) is 5.20. The smallest absolute Gasteiger partial charge is 0.240 e. The summed E-state index contributed by atoms with van der Waals surface area (Å²) in [5.74, 6) is 0. The highest BCUT2D eigenvalue weighted by Crippen LogP contribution is 2.10. The zero-order chi connectivity index (χ0) is 15.0. The Morgan fingerprint density at radius 1 is 1.25 bits per heavy atom. The number of rotatable bonds is 9. The first-order valence-electron chi connectivity index (χ1n) is 7.04. The molecule has 0 atom stereocenters. The highest BCUT2D eigenvalue weighted by Gasteiger charge is 2.13. The van der Waals surface area contributed by atoms with E-state index in [9.17, 15) is 8.42 Å². The number of nitrogens with two attached hydrogens (primary N) is 1. The zero-order valence-corrected chi connectivity index (χ0v) is 13.1. The molecule has 3 N–H and O–H groups in total. The van der Waals surface area contributed by atoms with Crippen molar-refractivity contribution >= 4 is 10.0 Å². The number of benzene rings is 1. The van der Waals surface area contributed by atoms with Gasteiger partial charge in [0.25, 0.3) is 0 Å². The summed E-state index contributed by atoms with van der Waals surface area (Å²) >= 11 is 0. The molecule has 1 aromatic carbocycles. The van der Waals surface area contributed by atoms with Gasteiger partial charge in [-0.25, -0.2) is 13.1 Å². The standard InChI is InChI=1S/C14H25N3O2S/c1-3-17(4-2)10-6-9-16-20(18,19)14-8-5-7-13(11-14)12-15/h5,7-8,11,16H,3-4,6,9-10,12,15H2,1-2H3. The van der Waals surface area contributed by atoms with Crippen LogP contribution in [0.4, 0.5) is 0 Å². The molecule has 0 saturated heterocycles. The first-order chi connectivity index (χ1) is 9.53. The van der Waals surface area contributed by atoms with Crippen molar-refractivity contribution in [3.05, 3.63) is 29.8 Å². The highest BCUT2D eigenvalue weighted by atomic mass is 32.2. The Bertz CT molecular complexity index is 499. The van der Waals surface area contributed by atoms with E-state index in [4.69, 9.17) is 5.73 Å². The molecule has 0 aromatic heterocycles. The Kier molecular flexibility index (Phi) is 7.15. The summed E-state index contributed by atoms with van der Waals surface area (Å²) in [6.07, 6.45) is 0.803. The lowest BCUT2D eigenvalue weighted by molar-refractivity contribution is 0.300. The normalized spacial score (nSPS) is 12.0. The van der Waals surface area contributed by atoms with Gasteiger partial charge in [0.2, 0.25) is 10.0 Å². The van der Waals surface area contributed by atoms with E-state index in [1.807, 2.05) is 6.07 Å². The Morgan fingerprint density at radius 3 is 2.55 bits per heavy atom. The average Bonchev–Trinajstić information content (AvgIpc) is 2.47. The Balaban J connectivity index is 2.53. The number of nitrogens with zero attached hydrogens (tertiary/aromatic N) is 1. The van der Waals surface area contributed by atoms with Crippen molar-refractivity contribution < 1.29 is 8.42 Å². The van der Waals surface area contributed by atoms with E-state index in [1.54, 1.807) is 18.2 Å². The number of sulfonamides is 1. The summed E-state index contributed by atoms with van der Waals surface area (Å²) in [6, 6.07) is 6.74. The molecule has 0 spiro atoms. The summed E-state index contributed by atoms with van der Waals surface area (Å²) in [5.41, 5.74) is 6.34. The summed E-state index contributed by atoms with van der Waals surface area (Å²) in [4.78, 5) is 2.55. The second kappa shape index (κ2) is 8.36. The van der Waals surface area contributed by atoms with Crippen molar-refractivity contribution in [3.8, 4) is 0 Å². The molecule has 0 amide bonds. The second-order valence-corrected chi connectivity index (χ2v) is 6.40. The van der Waals surface area contributed by atoms with Gasteiger partial charge < -0.3 is 10.6 Å². The van der Waals surface area contributed by atoms with Crippen LogP contribution in [-0.4, -0.2) is 39.5 Å². The van der Waals surface area contributed by atoms with Gasteiger partial charge in [0.1, 0.15) is 0 Å². The summed E-state index contributed by atoms with van der Waals surface area (Å²) < 4.78 is 26.9. The third-order valence-corrected chi connectivity index (χ3v) is 4.74. The monoisotopic (exact) mass is 299 g/mol. The number of nitrogens with one attached hydrogen (secondary N) is 1. The van der Waals surface area contributed by atoms with Crippen molar-refractivity contribution in [1.82, 2.24) is 9.62 Å². The molecule has 1 rings (SSSR count). The predicted molar refractivity (Wildman–Crippen MR) is 81.9 cm³/mol. The lowest BCUT2D eigenvalue weighted by Gasteiger charge is -2.17. The fourth-order valence-electron chi connectivity index (χ4n) is 1.97. The molecule has 0 aliphatic heterocycles. The molecular weight excluding hydrogens is 274 g/mol. The molecule has 5 nitrogen and oxygen atoms in total. The van der Waals surface area contributed by atoms with E-state index in [-0.39, 0.29) is 4.90 Å². The molecule has 0 heterocycles. The minimum absolute atomic E-state index is 0.281. The molecule has 1 aromatic rings. The van der Waals surface area contributed by atoms with Crippen LogP contribution in [0, 0.1) is 0 Å². The fraction of sp³-hybridized carbons (Fsp3) is 0.571. The van der Waals surface area contributed by atoms with Gasteiger partial charge in [-0.15, -0.1) is 0 Å². The van der Waals surface area contributed by atoms with Crippen molar-refractivity contribution in [2.45, 2.75) is 31.7 Å². The molecule has 0 aliphatic carbocycles. The van der Waals surface area contributed by atoms with E-state index in [0.717, 1.165) is 31.6 Å². The van der Waals surface area contributed by atoms with Crippen LogP contribution < -0.4 is 10.5 Å². The molecule has 0 saturated carbocycles. The first kappa shape index (κ1) is 17.1. The van der Waals surface area contributed by atoms with E-state index in [0.29, 0.717) is 13.1 Å². The van der Waals surface area contributed by atoms with Gasteiger partial charge in [-0.05, 0) is 43.8 Å². The third-order valence-electron chi connectivity index (χ3n) is 3.28. The minimum Gasteiger partial charge on any atom is -0.326 e. The highest BCUT2D eigenvalue weighted by molar-refractivity contribution is 7.89. The Labute approximate surface area is 122 Å². The molecule has 114 valence electrons. The molecule has 6 heteroatoms. The minimum atomic E-state index is -3.43. The molecular formula is C14H25N3O2S. The second-order valence-electron chi connectivity index (χ2n) is 4.63. The molecule has 0 radical (unpaired) electrons. The van der Waals surface area contributed by atoms with Crippen LogP contribution in [0.5, 0.6) is 0 Å². The van der Waals surface area contributed by atoms with Gasteiger partial charge in [-0.3, -0.25) is 0 Å². The Morgan fingerprint density at radius 2 is 1.95 bits per heavy atom. The van der Waals surface area contributed by atoms with Gasteiger partial charge in [0.15, 0.2) is 0 Å². The van der Waals surface area contributed by atoms with Crippen LogP contribution in [0.2, 0.25) is 0 Å². The largest absolute Gasteiger partial charge is 0.326 e. The van der Waals surface area contributed by atoms with Crippen molar-refractivity contribution in [1.29, 1.82) is 0 Å². The van der Waals surface area contributed by atoms with Gasteiger partial charge in [-0.1, -0.05) is 26.0 Å². The van der Waals surface area contributed by atoms with E-state index < -0.39 is 10.0 Å². The van der Waals surface area contributed by atoms with Crippen molar-refractivity contribution in [2.24, 2.45) is 5.73 Å². The topological polar surface area (TPSA) is 75.4 Å². The van der Waals surface area contributed by atoms with Crippen LogP contribution in [0.1, 0.15) is 25.8 Å². The molecule has 0 aliphatic rings. The molecule has 0 bridgehead atoms. The fourth-order valence-corrected chi connectivity index (χ4v) is 3.12. The van der Waals surface area contributed by atoms with E-state index in [2.05, 4.69) is 23.5 Å². The average molecular weight is 299 g/mol. The maximum atomic E-state index is 12.1. The van der Waals surface area contributed by atoms with Gasteiger partial charge in [-0.2, -0.15) is 0 Å². The first-order valence-corrected chi connectivity index (χ1v) is 8.52. The van der Waals surface area contributed by atoms with Gasteiger partial charge in [0.05, 0.1) is 4.90 Å². The van der Waals surface area contributed by atoms with Crippen molar-refractivity contribution in [2.75, 3.05) is 26.2 Å². The van der Waals surface area contributed by atoms with Crippen LogP contribution in [0.25, 0.3) is 0 Å². The molecule has 0 fully saturated rings. The summed E-state index contributed by atoms with van der Waals surface area (Å²) in [7, 11) is -3.43. The van der Waals surface area contributed by atoms with E-state index >= 15 is 0 Å². The van der Waals surface area contributed by atoms with Gasteiger partial charge in [0, 0.05) is 13.1 Å². The summed E-state index contributed by atoms with van der Waals surface area (Å²) in [6.45, 7) is 7.87. The van der Waals surface area contributed by atoms with Crippen LogP contribution in [0.3, 0.4) is 0 Å². The van der Waals surface area contributed by atoms with Crippen LogP contribution >= 0.6 is 0 Å². The lowest BCUT2D eigenvalue weighted by atomic mass is 10.2. The van der Waals surface area contributed by atoms with Crippen LogP contribution in [0.15, 0.2) is 29.2 Å². The van der Waals surface area contributed by atoms with E-state index in [1.165, 1.54) is 0 Å². The number of hydrogen-bond donors (Lipinski definition) is 2. The maximum Gasteiger partial charge on any atom is 0.240 e. The number of hydrogen-bond acceptors (Lipinski definition) is 4. The maximum absolute atomic E-state index is 12.1. The quantitative estimate of drug-likeness (QED) is 0.671. The predicted octanol–water partition coefficient (Wildman–Crippen LogP) is 1.16. The van der Waals surface area contributed by atoms with Gasteiger partial charge >= 0.3 is 0 Å². The SMILES string of the molecule is CCN(CC)CCCNS(=O)(=O)c1cccc(CN)c1. The molecule has 0 unspecified atom stereocenters. The summed E-state index contributed by atoms with van der Waals surface area (Å²) in [5, 5.41) is 0. The van der Waals surface area contributed by atoms with Crippen molar-refractivity contribution in [3.63, 3.8) is 0 Å². The Hall–Kier alpha value is -0.950. The zero-order valence-electron chi connectivity index (χ0n) is 12.3. The molecule has 20 heavy (non-hydrogen) atoms. The lowest BCUT2D eigenvalue weighted by Crippen LogP contribution is -2.30. The van der Waals surface area contributed by atoms with Crippen LogP contribution in [-0.2, 0) is 16.6 Å².